The van der Waals surface area contributed by atoms with E-state index in [0.29, 0.717) is 17.5 Å². The third-order valence-corrected chi connectivity index (χ3v) is 10.6. The van der Waals surface area contributed by atoms with Crippen LogP contribution >= 0.6 is 0 Å². The molecule has 262 valence electrons. The Morgan fingerprint density at radius 2 is 0.804 bits per heavy atom. The summed E-state index contributed by atoms with van der Waals surface area (Å²) in [5.74, 6) is 1.74. The van der Waals surface area contributed by atoms with Crippen LogP contribution in [0, 0.1) is 0 Å². The van der Waals surface area contributed by atoms with Gasteiger partial charge in [-0.2, -0.15) is 0 Å². The summed E-state index contributed by atoms with van der Waals surface area (Å²) in [7, 11) is 0. The Kier molecular flexibility index (Phi) is 7.42. The molecule has 0 radical (unpaired) electrons. The first-order valence-corrected chi connectivity index (χ1v) is 18.7. The van der Waals surface area contributed by atoms with Crippen LogP contribution in [0.15, 0.2) is 197 Å². The Balaban J connectivity index is 1.05. The minimum Gasteiger partial charge on any atom is -0.456 e. The fourth-order valence-corrected chi connectivity index (χ4v) is 7.88. The highest BCUT2D eigenvalue weighted by molar-refractivity contribution is 6.16. The first kappa shape index (κ1) is 31.9. The summed E-state index contributed by atoms with van der Waals surface area (Å²) in [6.45, 7) is 0. The standard InChI is InChI=1S/C51H31N3O2/c1-3-12-32(13-4-1)33-22-26-35(27-23-33)46-38(30-31-45-47(46)41-17-8-10-21-44(41)55-45)34-24-28-37(29-25-34)50-52-49(36-14-5-2-6-15-36)53-51(54-50)42-19-11-18-40-39-16-7-9-20-43(39)56-48(40)42/h1-31H. The van der Waals surface area contributed by atoms with E-state index in [0.717, 1.165) is 82.8 Å². The number of rotatable bonds is 6. The van der Waals surface area contributed by atoms with Crippen LogP contribution < -0.4 is 0 Å². The van der Waals surface area contributed by atoms with Crippen molar-refractivity contribution in [2.45, 2.75) is 0 Å². The molecule has 0 saturated heterocycles. The summed E-state index contributed by atoms with van der Waals surface area (Å²) < 4.78 is 12.8. The topological polar surface area (TPSA) is 65.0 Å². The van der Waals surface area contributed by atoms with E-state index in [-0.39, 0.29) is 0 Å². The van der Waals surface area contributed by atoms with Gasteiger partial charge in [0, 0.05) is 38.2 Å². The van der Waals surface area contributed by atoms with E-state index in [9.17, 15) is 0 Å². The fourth-order valence-electron chi connectivity index (χ4n) is 7.88. The molecule has 0 saturated carbocycles. The second-order valence-corrected chi connectivity index (χ2v) is 13.9. The van der Waals surface area contributed by atoms with Crippen LogP contribution in [0.25, 0.3) is 111 Å². The first-order chi connectivity index (χ1) is 27.7. The van der Waals surface area contributed by atoms with Crippen LogP contribution in [0.4, 0.5) is 0 Å². The fraction of sp³-hybridized carbons (Fsp3) is 0. The average molecular weight is 718 g/mol. The molecular weight excluding hydrogens is 687 g/mol. The van der Waals surface area contributed by atoms with Crippen molar-refractivity contribution in [3.63, 3.8) is 0 Å². The van der Waals surface area contributed by atoms with Crippen LogP contribution in [0.5, 0.6) is 0 Å². The number of furan rings is 2. The van der Waals surface area contributed by atoms with Crippen LogP contribution in [-0.2, 0) is 0 Å². The second-order valence-electron chi connectivity index (χ2n) is 13.9. The van der Waals surface area contributed by atoms with E-state index in [1.54, 1.807) is 0 Å². The predicted octanol–water partition coefficient (Wildman–Crippen LogP) is 13.7. The predicted molar refractivity (Wildman–Crippen MR) is 227 cm³/mol. The highest BCUT2D eigenvalue weighted by Crippen LogP contribution is 2.44. The molecule has 3 heterocycles. The van der Waals surface area contributed by atoms with E-state index in [4.69, 9.17) is 23.8 Å². The Morgan fingerprint density at radius 3 is 1.54 bits per heavy atom. The summed E-state index contributed by atoms with van der Waals surface area (Å²) in [6, 6.07) is 64.6. The van der Waals surface area contributed by atoms with Crippen molar-refractivity contribution in [1.82, 2.24) is 15.0 Å². The van der Waals surface area contributed by atoms with Crippen molar-refractivity contribution in [1.29, 1.82) is 0 Å². The molecular formula is C51H31N3O2. The third kappa shape index (κ3) is 5.37. The minimum atomic E-state index is 0.557. The average Bonchev–Trinajstić information content (AvgIpc) is 3.85. The first-order valence-electron chi connectivity index (χ1n) is 18.7. The van der Waals surface area contributed by atoms with Crippen molar-refractivity contribution in [3.8, 4) is 67.5 Å². The van der Waals surface area contributed by atoms with E-state index in [2.05, 4.69) is 109 Å². The van der Waals surface area contributed by atoms with Gasteiger partial charge in [0.25, 0.3) is 0 Å². The maximum Gasteiger partial charge on any atom is 0.167 e. The minimum absolute atomic E-state index is 0.557. The number of hydrogen-bond donors (Lipinski definition) is 0. The largest absolute Gasteiger partial charge is 0.456 e. The van der Waals surface area contributed by atoms with Crippen LogP contribution in [0.3, 0.4) is 0 Å². The van der Waals surface area contributed by atoms with Crippen LogP contribution in [0.2, 0.25) is 0 Å². The molecule has 0 spiro atoms. The number of benzene rings is 8. The maximum absolute atomic E-state index is 6.41. The molecule has 5 nitrogen and oxygen atoms in total. The molecule has 0 aliphatic heterocycles. The summed E-state index contributed by atoms with van der Waals surface area (Å²) in [4.78, 5) is 15.1. The molecule has 0 atom stereocenters. The third-order valence-electron chi connectivity index (χ3n) is 10.6. The lowest BCUT2D eigenvalue weighted by Gasteiger charge is -2.14. The van der Waals surface area contributed by atoms with Gasteiger partial charge < -0.3 is 8.83 Å². The van der Waals surface area contributed by atoms with Crippen molar-refractivity contribution >= 4 is 43.9 Å². The monoisotopic (exact) mass is 717 g/mol. The zero-order valence-electron chi connectivity index (χ0n) is 30.1. The van der Waals surface area contributed by atoms with Crippen molar-refractivity contribution in [3.05, 3.63) is 188 Å². The molecule has 56 heavy (non-hydrogen) atoms. The number of nitrogens with zero attached hydrogens (tertiary/aromatic N) is 3. The van der Waals surface area contributed by atoms with Gasteiger partial charge >= 0.3 is 0 Å². The van der Waals surface area contributed by atoms with E-state index < -0.39 is 0 Å². The molecule has 0 bridgehead atoms. The molecule has 11 aromatic rings. The molecule has 0 amide bonds. The van der Waals surface area contributed by atoms with Gasteiger partial charge in [0.2, 0.25) is 0 Å². The van der Waals surface area contributed by atoms with Crippen LogP contribution in [-0.4, -0.2) is 15.0 Å². The molecule has 0 aliphatic rings. The molecule has 11 rings (SSSR count). The Morgan fingerprint density at radius 1 is 0.286 bits per heavy atom. The Hall–Kier alpha value is -7.63. The lowest BCUT2D eigenvalue weighted by atomic mass is 9.89. The Labute approximate surface area is 322 Å². The van der Waals surface area contributed by atoms with Gasteiger partial charge in [0.1, 0.15) is 22.3 Å². The van der Waals surface area contributed by atoms with Gasteiger partial charge in [-0.3, -0.25) is 0 Å². The number of aromatic nitrogens is 3. The summed E-state index contributed by atoms with van der Waals surface area (Å²) >= 11 is 0. The van der Waals surface area contributed by atoms with E-state index in [1.165, 1.54) is 11.1 Å². The zero-order valence-corrected chi connectivity index (χ0v) is 30.1. The van der Waals surface area contributed by atoms with E-state index in [1.807, 2.05) is 78.9 Å². The molecule has 0 N–H and O–H groups in total. The van der Waals surface area contributed by atoms with Gasteiger partial charge in [-0.05, 0) is 52.1 Å². The number of para-hydroxylation sites is 3. The molecule has 0 aliphatic carbocycles. The van der Waals surface area contributed by atoms with Gasteiger partial charge in [-0.1, -0.05) is 164 Å². The normalized spacial score (nSPS) is 11.6. The molecule has 0 fully saturated rings. The summed E-state index contributed by atoms with van der Waals surface area (Å²) in [6.07, 6.45) is 0. The molecule has 3 aromatic heterocycles. The van der Waals surface area contributed by atoms with Crippen molar-refractivity contribution in [2.24, 2.45) is 0 Å². The maximum atomic E-state index is 6.41. The number of fused-ring (bicyclic) bond motifs is 6. The van der Waals surface area contributed by atoms with Crippen molar-refractivity contribution in [2.75, 3.05) is 0 Å². The quantitative estimate of drug-likeness (QED) is 0.171. The van der Waals surface area contributed by atoms with E-state index >= 15 is 0 Å². The van der Waals surface area contributed by atoms with Crippen LogP contribution in [0.1, 0.15) is 0 Å². The smallest absolute Gasteiger partial charge is 0.167 e. The number of hydrogen-bond acceptors (Lipinski definition) is 5. The lowest BCUT2D eigenvalue weighted by molar-refractivity contribution is 0.669. The molecule has 5 heteroatoms. The van der Waals surface area contributed by atoms with Crippen molar-refractivity contribution < 1.29 is 8.83 Å². The highest BCUT2D eigenvalue weighted by Gasteiger charge is 2.20. The lowest BCUT2D eigenvalue weighted by Crippen LogP contribution is -2.00. The highest BCUT2D eigenvalue weighted by atomic mass is 16.3. The summed E-state index contributed by atoms with van der Waals surface area (Å²) in [5, 5.41) is 4.28. The molecule has 0 unspecified atom stereocenters. The summed E-state index contributed by atoms with van der Waals surface area (Å²) in [5.41, 5.74) is 12.7. The Bertz CT molecular complexity index is 3220. The van der Waals surface area contributed by atoms with Gasteiger partial charge in [0.05, 0.1) is 5.56 Å². The van der Waals surface area contributed by atoms with Gasteiger partial charge in [0.15, 0.2) is 17.5 Å². The second kappa shape index (κ2) is 13.0. The van der Waals surface area contributed by atoms with Gasteiger partial charge in [-0.15, -0.1) is 0 Å². The van der Waals surface area contributed by atoms with Gasteiger partial charge in [-0.25, -0.2) is 15.0 Å². The zero-order chi connectivity index (χ0) is 37.0. The SMILES string of the molecule is c1ccc(-c2ccc(-c3c(-c4ccc(-c5nc(-c6ccccc6)nc(-c6cccc7c6oc6ccccc67)n5)cc4)ccc4oc5ccccc5c34)cc2)cc1. The molecule has 8 aromatic carbocycles.